The van der Waals surface area contributed by atoms with Crippen LogP contribution in [0, 0.1) is 19.8 Å². The number of rotatable bonds is 6. The van der Waals surface area contributed by atoms with Crippen LogP contribution < -0.4 is 15.5 Å². The lowest BCUT2D eigenvalue weighted by molar-refractivity contribution is 0.255. The van der Waals surface area contributed by atoms with Crippen LogP contribution in [-0.2, 0) is 24.8 Å². The van der Waals surface area contributed by atoms with Gasteiger partial charge in [0.1, 0.15) is 0 Å². The summed E-state index contributed by atoms with van der Waals surface area (Å²) in [6.07, 6.45) is 1.86. The van der Waals surface area contributed by atoms with Crippen molar-refractivity contribution >= 4 is 17.4 Å². The Kier molecular flexibility index (Phi) is 7.93. The van der Waals surface area contributed by atoms with Gasteiger partial charge in [-0.2, -0.15) is 5.10 Å². The summed E-state index contributed by atoms with van der Waals surface area (Å²) in [7, 11) is 1.70. The summed E-state index contributed by atoms with van der Waals surface area (Å²) in [5, 5.41) is 5.32. The zero-order chi connectivity index (χ0) is 30.3. The molecule has 0 unspecified atom stereocenters. The number of fused-ring (bicyclic) bond motifs is 1. The fraction of sp³-hybridized carbons (Fsp3) is 0.389. The van der Waals surface area contributed by atoms with Gasteiger partial charge in [0, 0.05) is 49.1 Å². The van der Waals surface area contributed by atoms with Gasteiger partial charge in [-0.3, -0.25) is 4.90 Å². The van der Waals surface area contributed by atoms with Gasteiger partial charge in [0.25, 0.3) is 0 Å². The van der Waals surface area contributed by atoms with Gasteiger partial charge in [-0.15, -0.1) is 0 Å². The maximum absolute atomic E-state index is 11.8. The third kappa shape index (κ3) is 5.67. The number of nitrogens with two attached hydrogens (primary N) is 1. The van der Waals surface area contributed by atoms with Gasteiger partial charge >= 0.3 is 6.03 Å². The van der Waals surface area contributed by atoms with E-state index in [2.05, 4.69) is 107 Å². The summed E-state index contributed by atoms with van der Waals surface area (Å²) >= 11 is 0. The second kappa shape index (κ2) is 11.3. The van der Waals surface area contributed by atoms with E-state index in [1.54, 1.807) is 7.05 Å². The molecule has 4 aromatic rings. The van der Waals surface area contributed by atoms with Crippen LogP contribution in [-0.4, -0.2) is 29.4 Å². The first-order valence-corrected chi connectivity index (χ1v) is 15.0. The Hall–Kier alpha value is -4.06. The maximum Gasteiger partial charge on any atom is 0.318 e. The van der Waals surface area contributed by atoms with Crippen LogP contribution in [0.4, 0.5) is 16.2 Å². The number of aryl methyl sites for hydroxylation is 2. The van der Waals surface area contributed by atoms with E-state index in [0.717, 1.165) is 48.6 Å². The van der Waals surface area contributed by atoms with E-state index in [9.17, 15) is 4.79 Å². The number of anilines is 2. The molecule has 2 heterocycles. The van der Waals surface area contributed by atoms with Crippen LogP contribution in [0.5, 0.6) is 0 Å². The first-order valence-electron chi connectivity index (χ1n) is 15.0. The van der Waals surface area contributed by atoms with Crippen LogP contribution in [0.2, 0.25) is 0 Å². The zero-order valence-electron chi connectivity index (χ0n) is 26.5. The lowest BCUT2D eigenvalue weighted by atomic mass is 9.86. The summed E-state index contributed by atoms with van der Waals surface area (Å²) in [5.74, 6) is 0.524. The minimum atomic E-state index is -0.480. The molecule has 0 aliphatic carbocycles. The molecule has 220 valence electrons. The molecular weight excluding hydrogens is 518 g/mol. The number of carbonyl (C=O) groups excluding carboxylic acids is 1. The van der Waals surface area contributed by atoms with E-state index in [0.29, 0.717) is 5.92 Å². The maximum atomic E-state index is 11.8. The van der Waals surface area contributed by atoms with Gasteiger partial charge in [-0.05, 0) is 72.1 Å². The summed E-state index contributed by atoms with van der Waals surface area (Å²) < 4.78 is 2.20. The minimum absolute atomic E-state index is 0.0803. The predicted octanol–water partition coefficient (Wildman–Crippen LogP) is 7.73. The van der Waals surface area contributed by atoms with Crippen LogP contribution in [0.3, 0.4) is 0 Å². The number of para-hydroxylation sites is 1. The Morgan fingerprint density at radius 1 is 1.02 bits per heavy atom. The Morgan fingerprint density at radius 3 is 2.38 bits per heavy atom. The topological polar surface area (TPSA) is 67.4 Å². The number of nitrogens with zero attached hydrogens (tertiary/aromatic N) is 4. The quantitative estimate of drug-likeness (QED) is 0.261. The van der Waals surface area contributed by atoms with Gasteiger partial charge in [0.15, 0.2) is 0 Å². The third-order valence-corrected chi connectivity index (χ3v) is 8.47. The molecule has 0 saturated heterocycles. The monoisotopic (exact) mass is 563 g/mol. The Morgan fingerprint density at radius 2 is 1.74 bits per heavy atom. The van der Waals surface area contributed by atoms with E-state index in [-0.39, 0.29) is 5.41 Å². The van der Waals surface area contributed by atoms with Crippen molar-refractivity contribution < 1.29 is 4.79 Å². The highest BCUT2D eigenvalue weighted by Crippen LogP contribution is 2.38. The van der Waals surface area contributed by atoms with E-state index in [1.807, 2.05) is 12.1 Å². The highest BCUT2D eigenvalue weighted by atomic mass is 16.2. The molecule has 6 heteroatoms. The lowest BCUT2D eigenvalue weighted by Crippen LogP contribution is -2.31. The fourth-order valence-electron chi connectivity index (χ4n) is 6.05. The highest BCUT2D eigenvalue weighted by molar-refractivity contribution is 5.90. The summed E-state index contributed by atoms with van der Waals surface area (Å²) in [4.78, 5) is 15.8. The van der Waals surface area contributed by atoms with Crippen molar-refractivity contribution in [2.45, 2.75) is 73.3 Å². The number of amides is 2. The number of hydrogen-bond acceptors (Lipinski definition) is 3. The minimum Gasteiger partial charge on any atom is -0.366 e. The molecular formula is C36H45N5O. The fourth-order valence-corrected chi connectivity index (χ4v) is 6.05. The molecule has 0 spiro atoms. The Labute approximate surface area is 251 Å². The van der Waals surface area contributed by atoms with Crippen LogP contribution in [0.1, 0.15) is 68.1 Å². The highest BCUT2D eigenvalue weighted by Gasteiger charge is 2.29. The largest absolute Gasteiger partial charge is 0.366 e. The van der Waals surface area contributed by atoms with Gasteiger partial charge in [-0.1, -0.05) is 77.1 Å². The molecule has 0 fully saturated rings. The molecule has 0 radical (unpaired) electrons. The number of benzene rings is 3. The van der Waals surface area contributed by atoms with E-state index >= 15 is 0 Å². The average Bonchev–Trinajstić information content (AvgIpc) is 3.30. The van der Waals surface area contributed by atoms with Crippen molar-refractivity contribution in [1.29, 1.82) is 0 Å². The summed E-state index contributed by atoms with van der Waals surface area (Å²) in [6.45, 7) is 17.4. The van der Waals surface area contributed by atoms with Crippen LogP contribution in [0.15, 0.2) is 60.7 Å². The third-order valence-electron chi connectivity index (χ3n) is 8.47. The number of aromatic nitrogens is 2. The van der Waals surface area contributed by atoms with Crippen molar-refractivity contribution in [3.8, 4) is 16.9 Å². The zero-order valence-corrected chi connectivity index (χ0v) is 26.5. The molecule has 0 bridgehead atoms. The number of carbonyl (C=O) groups is 1. The first-order chi connectivity index (χ1) is 19.8. The molecule has 2 N–H and O–H groups in total. The van der Waals surface area contributed by atoms with Gasteiger partial charge in [0.05, 0.1) is 17.1 Å². The van der Waals surface area contributed by atoms with Gasteiger partial charge < -0.3 is 10.6 Å². The van der Waals surface area contributed by atoms with Crippen molar-refractivity contribution in [2.24, 2.45) is 11.7 Å². The van der Waals surface area contributed by atoms with Crippen molar-refractivity contribution in [3.05, 3.63) is 94.2 Å². The normalized spacial score (nSPS) is 13.4. The lowest BCUT2D eigenvalue weighted by Gasteiger charge is -2.32. The Balaban J connectivity index is 1.68. The van der Waals surface area contributed by atoms with Crippen molar-refractivity contribution in [2.75, 3.05) is 23.4 Å². The van der Waals surface area contributed by atoms with Crippen molar-refractivity contribution in [1.82, 2.24) is 9.78 Å². The smallest absolute Gasteiger partial charge is 0.318 e. The molecule has 1 aromatic heterocycles. The molecule has 0 atom stereocenters. The molecule has 1 aliphatic heterocycles. The van der Waals surface area contributed by atoms with E-state index < -0.39 is 6.03 Å². The number of urea groups is 1. The van der Waals surface area contributed by atoms with E-state index in [4.69, 9.17) is 10.8 Å². The van der Waals surface area contributed by atoms with Gasteiger partial charge in [-0.25, -0.2) is 9.48 Å². The number of hydrogen-bond donors (Lipinski definition) is 1. The van der Waals surface area contributed by atoms with Crippen LogP contribution in [0.25, 0.3) is 16.9 Å². The standard InChI is InChI=1S/C36H45N5O/c1-23(2)20-27-11-9-10-25(4)33(27)41-34(26-13-16-29(17-14-26)39(8)35(37)42)30-22-40(19-18-31(30)38-41)32-21-28(36(5,6)7)15-12-24(32)3/h9-17,21,23H,18-20,22H2,1-8H3,(H2,37,42). The summed E-state index contributed by atoms with van der Waals surface area (Å²) in [6, 6.07) is 21.1. The van der Waals surface area contributed by atoms with Crippen LogP contribution >= 0.6 is 0 Å². The molecule has 5 rings (SSSR count). The molecule has 42 heavy (non-hydrogen) atoms. The molecule has 3 aromatic carbocycles. The average molecular weight is 564 g/mol. The Bertz CT molecular complexity index is 1610. The molecule has 0 saturated carbocycles. The van der Waals surface area contributed by atoms with Gasteiger partial charge in [0.2, 0.25) is 0 Å². The predicted molar refractivity (Wildman–Crippen MR) is 175 cm³/mol. The number of primary amides is 1. The molecule has 1 aliphatic rings. The first kappa shape index (κ1) is 29.4. The molecule has 2 amide bonds. The SMILES string of the molecule is Cc1ccc(C(C)(C)C)cc1N1CCc2nn(-c3c(C)cccc3CC(C)C)c(-c3ccc(N(C)C(N)=O)cc3)c2C1. The summed E-state index contributed by atoms with van der Waals surface area (Å²) in [5.41, 5.74) is 18.6. The second-order valence-corrected chi connectivity index (χ2v) is 13.2. The molecule has 6 nitrogen and oxygen atoms in total. The second-order valence-electron chi connectivity index (χ2n) is 13.2. The van der Waals surface area contributed by atoms with Crippen molar-refractivity contribution in [3.63, 3.8) is 0 Å². The van der Waals surface area contributed by atoms with E-state index in [1.165, 1.54) is 44.1 Å².